The quantitative estimate of drug-likeness (QED) is 0.880. The number of amides is 2. The maximum absolute atomic E-state index is 12.2. The highest BCUT2D eigenvalue weighted by molar-refractivity contribution is 5.96. The zero-order valence-corrected chi connectivity index (χ0v) is 11.9. The SMILES string of the molecule is CN(CC1CC1)C(=O)c1cc(NC(=O)C2CC2)n(C)n1. The van der Waals surface area contributed by atoms with Gasteiger partial charge in [0.25, 0.3) is 5.91 Å². The molecule has 0 bridgehead atoms. The monoisotopic (exact) mass is 276 g/mol. The number of anilines is 1. The molecule has 2 fully saturated rings. The van der Waals surface area contributed by atoms with Crippen LogP contribution in [0.4, 0.5) is 5.82 Å². The molecule has 0 aromatic carbocycles. The Labute approximate surface area is 118 Å². The van der Waals surface area contributed by atoms with Crippen molar-refractivity contribution in [2.45, 2.75) is 25.7 Å². The number of carbonyl (C=O) groups is 2. The highest BCUT2D eigenvalue weighted by Crippen LogP contribution is 2.31. The van der Waals surface area contributed by atoms with Gasteiger partial charge in [0.05, 0.1) is 0 Å². The van der Waals surface area contributed by atoms with E-state index in [9.17, 15) is 9.59 Å². The van der Waals surface area contributed by atoms with Crippen LogP contribution in [-0.2, 0) is 11.8 Å². The highest BCUT2D eigenvalue weighted by atomic mass is 16.2. The van der Waals surface area contributed by atoms with Crippen molar-refractivity contribution in [1.29, 1.82) is 0 Å². The molecule has 0 saturated heterocycles. The van der Waals surface area contributed by atoms with Crippen molar-refractivity contribution < 1.29 is 9.59 Å². The van der Waals surface area contributed by atoms with Crippen molar-refractivity contribution in [3.8, 4) is 0 Å². The van der Waals surface area contributed by atoms with Crippen LogP contribution in [-0.4, -0.2) is 40.1 Å². The first-order chi connectivity index (χ1) is 9.54. The Balaban J connectivity index is 1.66. The minimum atomic E-state index is -0.0839. The van der Waals surface area contributed by atoms with Gasteiger partial charge in [0.15, 0.2) is 5.69 Å². The van der Waals surface area contributed by atoms with E-state index in [0.29, 0.717) is 17.4 Å². The van der Waals surface area contributed by atoms with Crippen LogP contribution in [0.2, 0.25) is 0 Å². The molecule has 6 nitrogen and oxygen atoms in total. The predicted molar refractivity (Wildman–Crippen MR) is 74.2 cm³/mol. The third-order valence-electron chi connectivity index (χ3n) is 3.87. The van der Waals surface area contributed by atoms with Crippen molar-refractivity contribution in [3.05, 3.63) is 11.8 Å². The fourth-order valence-electron chi connectivity index (χ4n) is 2.23. The van der Waals surface area contributed by atoms with Crippen LogP contribution in [0.15, 0.2) is 6.07 Å². The molecule has 2 saturated carbocycles. The standard InChI is InChI=1S/C14H20N4O2/c1-17(8-9-3-4-9)14(20)11-7-12(18(2)16-11)15-13(19)10-5-6-10/h7,9-10H,3-6,8H2,1-2H3,(H,15,19). The molecular formula is C14H20N4O2. The fourth-order valence-corrected chi connectivity index (χ4v) is 2.23. The van der Waals surface area contributed by atoms with Crippen LogP contribution in [0.1, 0.15) is 36.2 Å². The van der Waals surface area contributed by atoms with E-state index in [2.05, 4.69) is 10.4 Å². The van der Waals surface area contributed by atoms with Gasteiger partial charge >= 0.3 is 0 Å². The summed E-state index contributed by atoms with van der Waals surface area (Å²) in [5, 5.41) is 7.03. The zero-order chi connectivity index (χ0) is 14.3. The van der Waals surface area contributed by atoms with Gasteiger partial charge in [-0.25, -0.2) is 0 Å². The molecule has 0 aliphatic heterocycles. The van der Waals surface area contributed by atoms with Gasteiger partial charge in [-0.05, 0) is 31.6 Å². The molecule has 0 unspecified atom stereocenters. The molecule has 2 aliphatic carbocycles. The normalized spacial score (nSPS) is 17.9. The van der Waals surface area contributed by atoms with E-state index in [1.54, 1.807) is 29.7 Å². The Hall–Kier alpha value is -1.85. The zero-order valence-electron chi connectivity index (χ0n) is 11.9. The Morgan fingerprint density at radius 3 is 2.70 bits per heavy atom. The first kappa shape index (κ1) is 13.1. The maximum Gasteiger partial charge on any atom is 0.274 e. The summed E-state index contributed by atoms with van der Waals surface area (Å²) in [6, 6.07) is 1.66. The third kappa shape index (κ3) is 2.84. The lowest BCUT2D eigenvalue weighted by Gasteiger charge is -2.14. The molecule has 20 heavy (non-hydrogen) atoms. The molecule has 0 radical (unpaired) electrons. The minimum Gasteiger partial charge on any atom is -0.340 e. The van der Waals surface area contributed by atoms with Crippen LogP contribution in [0, 0.1) is 11.8 Å². The highest BCUT2D eigenvalue weighted by Gasteiger charge is 2.31. The van der Waals surface area contributed by atoms with Crippen molar-refractivity contribution in [2.24, 2.45) is 18.9 Å². The van der Waals surface area contributed by atoms with Crippen LogP contribution >= 0.6 is 0 Å². The predicted octanol–water partition coefficient (Wildman–Crippen LogP) is 1.25. The summed E-state index contributed by atoms with van der Waals surface area (Å²) in [5.41, 5.74) is 0.391. The summed E-state index contributed by atoms with van der Waals surface area (Å²) in [6.07, 6.45) is 4.34. The molecule has 2 amide bonds. The van der Waals surface area contributed by atoms with E-state index in [-0.39, 0.29) is 17.7 Å². The smallest absolute Gasteiger partial charge is 0.274 e. The van der Waals surface area contributed by atoms with E-state index in [0.717, 1.165) is 19.4 Å². The molecule has 2 aliphatic rings. The summed E-state index contributed by atoms with van der Waals surface area (Å²) in [6.45, 7) is 0.791. The number of hydrogen-bond acceptors (Lipinski definition) is 3. The van der Waals surface area contributed by atoms with Gasteiger partial charge in [0, 0.05) is 32.6 Å². The second-order valence-corrected chi connectivity index (χ2v) is 5.93. The molecular weight excluding hydrogens is 256 g/mol. The van der Waals surface area contributed by atoms with Gasteiger partial charge < -0.3 is 10.2 Å². The van der Waals surface area contributed by atoms with Crippen molar-refractivity contribution in [2.75, 3.05) is 18.9 Å². The maximum atomic E-state index is 12.2. The molecule has 0 atom stereocenters. The Kier molecular flexibility index (Phi) is 3.23. The second kappa shape index (κ2) is 4.92. The van der Waals surface area contributed by atoms with Gasteiger partial charge in [-0.2, -0.15) is 5.10 Å². The van der Waals surface area contributed by atoms with Crippen LogP contribution in [0.3, 0.4) is 0 Å². The number of aromatic nitrogens is 2. The number of rotatable bonds is 5. The molecule has 0 spiro atoms. The first-order valence-electron chi connectivity index (χ1n) is 7.15. The average Bonchev–Trinajstić information content (AvgIpc) is 3.29. The molecule has 1 aromatic rings. The Bertz CT molecular complexity index is 543. The van der Waals surface area contributed by atoms with Gasteiger partial charge in [0.2, 0.25) is 5.91 Å². The number of aryl methyl sites for hydroxylation is 1. The molecule has 6 heteroatoms. The summed E-state index contributed by atoms with van der Waals surface area (Å²) >= 11 is 0. The first-order valence-corrected chi connectivity index (χ1v) is 7.15. The van der Waals surface area contributed by atoms with Crippen LogP contribution < -0.4 is 5.32 Å². The Morgan fingerprint density at radius 1 is 1.40 bits per heavy atom. The molecule has 1 aromatic heterocycles. The van der Waals surface area contributed by atoms with Gasteiger partial charge in [-0.15, -0.1) is 0 Å². The summed E-state index contributed by atoms with van der Waals surface area (Å²) < 4.78 is 1.55. The second-order valence-electron chi connectivity index (χ2n) is 5.93. The van der Waals surface area contributed by atoms with Gasteiger partial charge in [-0.3, -0.25) is 14.3 Å². The summed E-state index contributed by atoms with van der Waals surface area (Å²) in [4.78, 5) is 25.7. The van der Waals surface area contributed by atoms with E-state index >= 15 is 0 Å². The number of nitrogens with zero attached hydrogens (tertiary/aromatic N) is 3. The number of nitrogens with one attached hydrogen (secondary N) is 1. The van der Waals surface area contributed by atoms with Gasteiger partial charge in [0.1, 0.15) is 5.82 Å². The van der Waals surface area contributed by atoms with Gasteiger partial charge in [-0.1, -0.05) is 0 Å². The lowest BCUT2D eigenvalue weighted by atomic mass is 10.3. The van der Waals surface area contributed by atoms with Crippen molar-refractivity contribution in [1.82, 2.24) is 14.7 Å². The largest absolute Gasteiger partial charge is 0.340 e. The summed E-state index contributed by atoms with van der Waals surface area (Å²) in [7, 11) is 3.54. The van der Waals surface area contributed by atoms with E-state index < -0.39 is 0 Å². The fraction of sp³-hybridized carbons (Fsp3) is 0.643. The van der Waals surface area contributed by atoms with E-state index in [1.807, 2.05) is 0 Å². The minimum absolute atomic E-state index is 0.0262. The molecule has 3 rings (SSSR count). The Morgan fingerprint density at radius 2 is 2.10 bits per heavy atom. The molecule has 1 N–H and O–H groups in total. The molecule has 1 heterocycles. The molecule has 108 valence electrons. The van der Waals surface area contributed by atoms with Crippen molar-refractivity contribution >= 4 is 17.6 Å². The average molecular weight is 276 g/mol. The van der Waals surface area contributed by atoms with E-state index in [4.69, 9.17) is 0 Å². The third-order valence-corrected chi connectivity index (χ3v) is 3.87. The lowest BCUT2D eigenvalue weighted by Crippen LogP contribution is -2.29. The van der Waals surface area contributed by atoms with E-state index in [1.165, 1.54) is 12.8 Å². The van der Waals surface area contributed by atoms with Crippen LogP contribution in [0.25, 0.3) is 0 Å². The number of hydrogen-bond donors (Lipinski definition) is 1. The lowest BCUT2D eigenvalue weighted by molar-refractivity contribution is -0.117. The van der Waals surface area contributed by atoms with Crippen molar-refractivity contribution in [3.63, 3.8) is 0 Å². The number of carbonyl (C=O) groups excluding carboxylic acids is 2. The topological polar surface area (TPSA) is 67.2 Å². The van der Waals surface area contributed by atoms with Crippen LogP contribution in [0.5, 0.6) is 0 Å². The summed E-state index contributed by atoms with van der Waals surface area (Å²) in [5.74, 6) is 1.33.